The summed E-state index contributed by atoms with van der Waals surface area (Å²) >= 11 is 0. The Morgan fingerprint density at radius 2 is 1.93 bits per heavy atom. The van der Waals surface area contributed by atoms with E-state index >= 15 is 0 Å². The van der Waals surface area contributed by atoms with Gasteiger partial charge in [-0.05, 0) is 18.2 Å². The number of hydrogen-bond donors (Lipinski definition) is 1. The molecular formula is C11H11NO3. The van der Waals surface area contributed by atoms with E-state index in [0.29, 0.717) is 5.69 Å². The SMILES string of the molecule is C=CC(=O)N(CC(=O)O)c1ccccc1. The third kappa shape index (κ3) is 2.95. The Balaban J connectivity index is 2.96. The lowest BCUT2D eigenvalue weighted by Gasteiger charge is -2.18. The van der Waals surface area contributed by atoms with E-state index in [0.717, 1.165) is 11.0 Å². The van der Waals surface area contributed by atoms with Crippen LogP contribution in [-0.2, 0) is 9.59 Å². The Morgan fingerprint density at radius 1 is 1.33 bits per heavy atom. The molecule has 1 N–H and O–H groups in total. The van der Waals surface area contributed by atoms with Gasteiger partial charge in [0.15, 0.2) is 0 Å². The third-order valence-corrected chi connectivity index (χ3v) is 1.80. The number of carboxylic acid groups (broad SMARTS) is 1. The molecule has 1 amide bonds. The second-order valence-corrected chi connectivity index (χ2v) is 2.86. The Kier molecular flexibility index (Phi) is 3.62. The third-order valence-electron chi connectivity index (χ3n) is 1.80. The van der Waals surface area contributed by atoms with Crippen molar-refractivity contribution in [1.29, 1.82) is 0 Å². The number of nitrogens with zero attached hydrogens (tertiary/aromatic N) is 1. The number of hydrogen-bond acceptors (Lipinski definition) is 2. The van der Waals surface area contributed by atoms with Crippen LogP contribution < -0.4 is 4.90 Å². The Bertz CT molecular complexity index is 373. The van der Waals surface area contributed by atoms with Crippen LogP contribution in [0.3, 0.4) is 0 Å². The molecule has 0 aliphatic carbocycles. The number of aliphatic carboxylic acids is 1. The van der Waals surface area contributed by atoms with E-state index in [9.17, 15) is 9.59 Å². The van der Waals surface area contributed by atoms with E-state index in [1.807, 2.05) is 0 Å². The smallest absolute Gasteiger partial charge is 0.323 e. The van der Waals surface area contributed by atoms with Crippen LogP contribution in [0.15, 0.2) is 43.0 Å². The van der Waals surface area contributed by atoms with E-state index in [1.54, 1.807) is 30.3 Å². The normalized spacial score (nSPS) is 9.33. The molecule has 0 atom stereocenters. The molecule has 15 heavy (non-hydrogen) atoms. The van der Waals surface area contributed by atoms with Crippen LogP contribution in [0.5, 0.6) is 0 Å². The summed E-state index contributed by atoms with van der Waals surface area (Å²) in [5.41, 5.74) is 0.546. The van der Waals surface area contributed by atoms with Crippen molar-refractivity contribution in [2.24, 2.45) is 0 Å². The van der Waals surface area contributed by atoms with Crippen LogP contribution in [-0.4, -0.2) is 23.5 Å². The summed E-state index contributed by atoms with van der Waals surface area (Å²) in [6.07, 6.45) is 1.09. The topological polar surface area (TPSA) is 57.6 Å². The molecule has 0 fully saturated rings. The average molecular weight is 205 g/mol. The molecule has 4 nitrogen and oxygen atoms in total. The van der Waals surface area contributed by atoms with Crippen molar-refractivity contribution in [3.05, 3.63) is 43.0 Å². The van der Waals surface area contributed by atoms with Gasteiger partial charge in [0.25, 0.3) is 5.91 Å². The molecule has 0 spiro atoms. The highest BCUT2D eigenvalue weighted by Crippen LogP contribution is 2.13. The van der Waals surface area contributed by atoms with Gasteiger partial charge in [-0.2, -0.15) is 0 Å². The maximum Gasteiger partial charge on any atom is 0.323 e. The van der Waals surface area contributed by atoms with Gasteiger partial charge in [-0.15, -0.1) is 0 Å². The average Bonchev–Trinajstić information content (AvgIpc) is 2.26. The first-order valence-corrected chi connectivity index (χ1v) is 4.36. The Hall–Kier alpha value is -2.10. The maximum absolute atomic E-state index is 11.4. The predicted octanol–water partition coefficient (Wildman–Crippen LogP) is 1.29. The number of anilines is 1. The van der Waals surface area contributed by atoms with Crippen molar-refractivity contribution in [2.75, 3.05) is 11.4 Å². The summed E-state index contributed by atoms with van der Waals surface area (Å²) in [7, 11) is 0. The zero-order chi connectivity index (χ0) is 11.3. The van der Waals surface area contributed by atoms with Crippen molar-refractivity contribution in [2.45, 2.75) is 0 Å². The minimum absolute atomic E-state index is 0.366. The minimum Gasteiger partial charge on any atom is -0.480 e. The lowest BCUT2D eigenvalue weighted by atomic mass is 10.3. The lowest BCUT2D eigenvalue weighted by Crippen LogP contribution is -2.34. The molecule has 0 heterocycles. The summed E-state index contributed by atoms with van der Waals surface area (Å²) in [5.74, 6) is -1.49. The van der Waals surface area contributed by atoms with Crippen LogP contribution in [0, 0.1) is 0 Å². The van der Waals surface area contributed by atoms with Gasteiger partial charge in [0, 0.05) is 5.69 Å². The number of amides is 1. The lowest BCUT2D eigenvalue weighted by molar-refractivity contribution is -0.136. The van der Waals surface area contributed by atoms with Gasteiger partial charge >= 0.3 is 5.97 Å². The summed E-state index contributed by atoms with van der Waals surface area (Å²) in [6.45, 7) is 2.96. The zero-order valence-corrected chi connectivity index (χ0v) is 8.09. The molecule has 0 radical (unpaired) electrons. The zero-order valence-electron chi connectivity index (χ0n) is 8.09. The van der Waals surface area contributed by atoms with E-state index in [-0.39, 0.29) is 6.54 Å². The monoisotopic (exact) mass is 205 g/mol. The van der Waals surface area contributed by atoms with Crippen molar-refractivity contribution in [3.8, 4) is 0 Å². The summed E-state index contributed by atoms with van der Waals surface area (Å²) < 4.78 is 0. The minimum atomic E-state index is -1.06. The largest absolute Gasteiger partial charge is 0.480 e. The molecule has 1 aromatic carbocycles. The number of carboxylic acids is 1. The van der Waals surface area contributed by atoms with E-state index in [2.05, 4.69) is 6.58 Å². The fourth-order valence-electron chi connectivity index (χ4n) is 1.15. The number of rotatable bonds is 4. The second-order valence-electron chi connectivity index (χ2n) is 2.86. The first-order chi connectivity index (χ1) is 7.15. The molecule has 0 aliphatic heterocycles. The fourth-order valence-corrected chi connectivity index (χ4v) is 1.15. The predicted molar refractivity (Wildman–Crippen MR) is 56.6 cm³/mol. The van der Waals surface area contributed by atoms with Gasteiger partial charge in [0.1, 0.15) is 6.54 Å². The van der Waals surface area contributed by atoms with Crippen LogP contribution >= 0.6 is 0 Å². The molecule has 1 aromatic rings. The van der Waals surface area contributed by atoms with E-state index < -0.39 is 11.9 Å². The second kappa shape index (κ2) is 4.95. The quantitative estimate of drug-likeness (QED) is 0.753. The molecule has 0 saturated carbocycles. The van der Waals surface area contributed by atoms with Gasteiger partial charge in [-0.3, -0.25) is 14.5 Å². The molecule has 0 unspecified atom stereocenters. The van der Waals surface area contributed by atoms with Crippen molar-refractivity contribution in [1.82, 2.24) is 0 Å². The molecule has 0 saturated heterocycles. The maximum atomic E-state index is 11.4. The molecule has 4 heteroatoms. The summed E-state index contributed by atoms with van der Waals surface area (Å²) in [4.78, 5) is 23.1. The molecule has 1 rings (SSSR count). The summed E-state index contributed by atoms with van der Waals surface area (Å²) in [6, 6.07) is 8.61. The van der Waals surface area contributed by atoms with Gasteiger partial charge in [0.05, 0.1) is 0 Å². The Morgan fingerprint density at radius 3 is 2.40 bits per heavy atom. The van der Waals surface area contributed by atoms with Gasteiger partial charge in [-0.25, -0.2) is 0 Å². The van der Waals surface area contributed by atoms with Crippen LogP contribution in [0.25, 0.3) is 0 Å². The number of carbonyl (C=O) groups is 2. The number of carbonyl (C=O) groups excluding carboxylic acids is 1. The van der Waals surface area contributed by atoms with E-state index in [4.69, 9.17) is 5.11 Å². The number of benzene rings is 1. The highest BCUT2D eigenvalue weighted by atomic mass is 16.4. The standard InChI is InChI=1S/C11H11NO3/c1-2-10(13)12(8-11(14)15)9-6-4-3-5-7-9/h2-7H,1,8H2,(H,14,15). The first kappa shape index (κ1) is 11.0. The molecule has 78 valence electrons. The number of para-hydroxylation sites is 1. The van der Waals surface area contributed by atoms with Gasteiger partial charge in [0.2, 0.25) is 0 Å². The molecule has 0 aromatic heterocycles. The summed E-state index contributed by atoms with van der Waals surface area (Å²) in [5, 5.41) is 8.66. The molecule has 0 bridgehead atoms. The molecule has 0 aliphatic rings. The van der Waals surface area contributed by atoms with Crippen LogP contribution in [0.2, 0.25) is 0 Å². The fraction of sp³-hybridized carbons (Fsp3) is 0.0909. The van der Waals surface area contributed by atoms with Crippen molar-refractivity contribution >= 4 is 17.6 Å². The molecular weight excluding hydrogens is 194 g/mol. The van der Waals surface area contributed by atoms with Gasteiger partial charge < -0.3 is 5.11 Å². The van der Waals surface area contributed by atoms with E-state index in [1.165, 1.54) is 0 Å². The van der Waals surface area contributed by atoms with Gasteiger partial charge in [-0.1, -0.05) is 24.8 Å². The highest BCUT2D eigenvalue weighted by molar-refractivity contribution is 6.03. The Labute approximate surface area is 87.4 Å². The van der Waals surface area contributed by atoms with Crippen LogP contribution in [0.4, 0.5) is 5.69 Å². The van der Waals surface area contributed by atoms with Crippen LogP contribution in [0.1, 0.15) is 0 Å². The van der Waals surface area contributed by atoms with Crippen molar-refractivity contribution in [3.63, 3.8) is 0 Å². The highest BCUT2D eigenvalue weighted by Gasteiger charge is 2.15. The van der Waals surface area contributed by atoms with Crippen molar-refractivity contribution < 1.29 is 14.7 Å². The first-order valence-electron chi connectivity index (χ1n) is 4.36.